The van der Waals surface area contributed by atoms with Crippen LogP contribution in [0.5, 0.6) is 0 Å². The molecule has 0 aliphatic carbocycles. The van der Waals surface area contributed by atoms with Crippen LogP contribution in [0.15, 0.2) is 55.1 Å². The molecule has 2 rings (SSSR count). The number of aryl methyl sites for hydroxylation is 2. The molecule has 0 atom stereocenters. The summed E-state index contributed by atoms with van der Waals surface area (Å²) in [4.78, 5) is 24.4. The van der Waals surface area contributed by atoms with Gasteiger partial charge in [-0.2, -0.15) is 0 Å². The molecule has 0 heterocycles. The molecule has 2 aromatic rings. The highest BCUT2D eigenvalue weighted by molar-refractivity contribution is 6.06. The number of hydrogen-bond acceptors (Lipinski definition) is 2. The molecule has 0 saturated heterocycles. The van der Waals surface area contributed by atoms with Gasteiger partial charge in [-0.3, -0.25) is 9.59 Å². The van der Waals surface area contributed by atoms with Crippen molar-refractivity contribution < 1.29 is 9.59 Å². The summed E-state index contributed by atoms with van der Waals surface area (Å²) in [5.74, 6) is -0.465. The molecule has 0 fully saturated rings. The lowest BCUT2D eigenvalue weighted by Crippen LogP contribution is -2.23. The van der Waals surface area contributed by atoms with E-state index in [-0.39, 0.29) is 11.8 Å². The Morgan fingerprint density at radius 1 is 1.00 bits per heavy atom. The molecule has 0 radical (unpaired) electrons. The van der Waals surface area contributed by atoms with Gasteiger partial charge in [0.1, 0.15) is 0 Å². The van der Waals surface area contributed by atoms with Crippen molar-refractivity contribution in [3.05, 3.63) is 77.4 Å². The zero-order valence-electron chi connectivity index (χ0n) is 13.3. The van der Waals surface area contributed by atoms with E-state index in [2.05, 4.69) is 17.2 Å². The van der Waals surface area contributed by atoms with Crippen molar-refractivity contribution >= 4 is 17.5 Å². The van der Waals surface area contributed by atoms with Crippen molar-refractivity contribution in [2.75, 3.05) is 11.9 Å². The van der Waals surface area contributed by atoms with Gasteiger partial charge in [0.25, 0.3) is 11.8 Å². The molecule has 0 aliphatic rings. The zero-order chi connectivity index (χ0) is 16.8. The van der Waals surface area contributed by atoms with Crippen molar-refractivity contribution in [1.82, 2.24) is 5.32 Å². The van der Waals surface area contributed by atoms with E-state index < -0.39 is 0 Å². The maximum absolute atomic E-state index is 12.4. The molecule has 4 nitrogen and oxygen atoms in total. The van der Waals surface area contributed by atoms with Gasteiger partial charge in [-0.05, 0) is 43.2 Å². The third-order valence-corrected chi connectivity index (χ3v) is 3.51. The summed E-state index contributed by atoms with van der Waals surface area (Å²) in [6.45, 7) is 7.84. The van der Waals surface area contributed by atoms with Crippen LogP contribution in [0.25, 0.3) is 0 Å². The van der Waals surface area contributed by atoms with Gasteiger partial charge in [-0.1, -0.05) is 30.3 Å². The summed E-state index contributed by atoms with van der Waals surface area (Å²) >= 11 is 0. The summed E-state index contributed by atoms with van der Waals surface area (Å²) in [5.41, 5.74) is 3.69. The average Bonchev–Trinajstić information content (AvgIpc) is 2.56. The maximum Gasteiger partial charge on any atom is 0.255 e. The molecule has 118 valence electrons. The topological polar surface area (TPSA) is 58.2 Å². The van der Waals surface area contributed by atoms with Gasteiger partial charge >= 0.3 is 0 Å². The van der Waals surface area contributed by atoms with Crippen LogP contribution in [0.4, 0.5) is 5.69 Å². The summed E-state index contributed by atoms with van der Waals surface area (Å²) in [6, 6.07) is 12.5. The van der Waals surface area contributed by atoms with E-state index in [4.69, 9.17) is 0 Å². The lowest BCUT2D eigenvalue weighted by atomic mass is 10.1. The number of rotatable bonds is 5. The fourth-order valence-corrected chi connectivity index (χ4v) is 2.27. The molecule has 0 aromatic heterocycles. The number of para-hydroxylation sites is 1. The SMILES string of the molecule is C=CCNC(=O)c1cccc(C(=O)Nc2c(C)cccc2C)c1. The number of carbonyl (C=O) groups excluding carboxylic acids is 2. The second-order valence-electron chi connectivity index (χ2n) is 5.30. The monoisotopic (exact) mass is 308 g/mol. The molecule has 23 heavy (non-hydrogen) atoms. The van der Waals surface area contributed by atoms with Crippen LogP contribution in [0, 0.1) is 13.8 Å². The van der Waals surface area contributed by atoms with E-state index in [1.165, 1.54) is 0 Å². The van der Waals surface area contributed by atoms with Crippen LogP contribution in [0.2, 0.25) is 0 Å². The molecule has 4 heteroatoms. The van der Waals surface area contributed by atoms with E-state index in [1.807, 2.05) is 32.0 Å². The highest BCUT2D eigenvalue weighted by atomic mass is 16.2. The molecule has 0 bridgehead atoms. The number of benzene rings is 2. The predicted molar refractivity (Wildman–Crippen MR) is 92.8 cm³/mol. The Morgan fingerprint density at radius 2 is 1.57 bits per heavy atom. The molecule has 0 saturated carbocycles. The fraction of sp³-hybridized carbons (Fsp3) is 0.158. The van der Waals surface area contributed by atoms with Crippen molar-refractivity contribution in [3.63, 3.8) is 0 Å². The minimum absolute atomic E-state index is 0.230. The van der Waals surface area contributed by atoms with Crippen molar-refractivity contribution in [2.45, 2.75) is 13.8 Å². The van der Waals surface area contributed by atoms with E-state index >= 15 is 0 Å². The molecule has 0 spiro atoms. The summed E-state index contributed by atoms with van der Waals surface area (Å²) < 4.78 is 0. The van der Waals surface area contributed by atoms with Gasteiger partial charge in [0.05, 0.1) is 0 Å². The minimum Gasteiger partial charge on any atom is -0.349 e. The van der Waals surface area contributed by atoms with Crippen molar-refractivity contribution in [1.29, 1.82) is 0 Å². The molecule has 2 amide bonds. The van der Waals surface area contributed by atoms with Crippen LogP contribution in [0.1, 0.15) is 31.8 Å². The Hall–Kier alpha value is -2.88. The summed E-state index contributed by atoms with van der Waals surface area (Å²) in [6.07, 6.45) is 1.61. The Morgan fingerprint density at radius 3 is 2.17 bits per heavy atom. The maximum atomic E-state index is 12.4. The number of amides is 2. The van der Waals surface area contributed by atoms with Crippen LogP contribution < -0.4 is 10.6 Å². The third kappa shape index (κ3) is 4.07. The van der Waals surface area contributed by atoms with Gasteiger partial charge in [0.15, 0.2) is 0 Å². The van der Waals surface area contributed by atoms with Crippen LogP contribution >= 0.6 is 0 Å². The second-order valence-corrected chi connectivity index (χ2v) is 5.30. The van der Waals surface area contributed by atoms with E-state index in [0.29, 0.717) is 17.7 Å². The van der Waals surface area contributed by atoms with Crippen LogP contribution in [0.3, 0.4) is 0 Å². The zero-order valence-corrected chi connectivity index (χ0v) is 13.3. The predicted octanol–water partition coefficient (Wildman–Crippen LogP) is 3.47. The molecule has 0 aliphatic heterocycles. The number of nitrogens with one attached hydrogen (secondary N) is 2. The second kappa shape index (κ2) is 7.40. The Kier molecular flexibility index (Phi) is 5.31. The number of anilines is 1. The fourth-order valence-electron chi connectivity index (χ4n) is 2.27. The third-order valence-electron chi connectivity index (χ3n) is 3.51. The highest BCUT2D eigenvalue weighted by Gasteiger charge is 2.12. The van der Waals surface area contributed by atoms with Gasteiger partial charge in [-0.25, -0.2) is 0 Å². The number of hydrogen-bond donors (Lipinski definition) is 2. The Bertz CT molecular complexity index is 731. The van der Waals surface area contributed by atoms with Crippen LogP contribution in [-0.2, 0) is 0 Å². The normalized spacial score (nSPS) is 10.0. The van der Waals surface area contributed by atoms with Crippen LogP contribution in [-0.4, -0.2) is 18.4 Å². The molecule has 2 N–H and O–H groups in total. The smallest absolute Gasteiger partial charge is 0.255 e. The van der Waals surface area contributed by atoms with Gasteiger partial charge < -0.3 is 10.6 Å². The lowest BCUT2D eigenvalue weighted by molar-refractivity contribution is 0.0958. The largest absolute Gasteiger partial charge is 0.349 e. The first-order chi connectivity index (χ1) is 11.0. The van der Waals surface area contributed by atoms with E-state index in [1.54, 1.807) is 30.3 Å². The lowest BCUT2D eigenvalue weighted by Gasteiger charge is -2.12. The van der Waals surface area contributed by atoms with Crippen molar-refractivity contribution in [3.8, 4) is 0 Å². The Labute approximate surface area is 136 Å². The first-order valence-corrected chi connectivity index (χ1v) is 7.39. The quantitative estimate of drug-likeness (QED) is 0.831. The highest BCUT2D eigenvalue weighted by Crippen LogP contribution is 2.20. The van der Waals surface area contributed by atoms with Gasteiger partial charge in [0, 0.05) is 23.4 Å². The van der Waals surface area contributed by atoms with Gasteiger partial charge in [0.2, 0.25) is 0 Å². The standard InChI is InChI=1S/C19H20N2O2/c1-4-11-20-18(22)15-9-6-10-16(12-15)19(23)21-17-13(2)7-5-8-14(17)3/h4-10,12H,1,11H2,2-3H3,(H,20,22)(H,21,23). The van der Waals surface area contributed by atoms with Gasteiger partial charge in [-0.15, -0.1) is 6.58 Å². The van der Waals surface area contributed by atoms with E-state index in [0.717, 1.165) is 16.8 Å². The summed E-state index contributed by atoms with van der Waals surface area (Å²) in [5, 5.41) is 5.61. The first-order valence-electron chi connectivity index (χ1n) is 7.39. The minimum atomic E-state index is -0.235. The number of carbonyl (C=O) groups is 2. The average molecular weight is 308 g/mol. The summed E-state index contributed by atoms with van der Waals surface area (Å²) in [7, 11) is 0. The van der Waals surface area contributed by atoms with E-state index in [9.17, 15) is 9.59 Å². The first kappa shape index (κ1) is 16.5. The molecular formula is C19H20N2O2. The Balaban J connectivity index is 2.20. The van der Waals surface area contributed by atoms with Crippen molar-refractivity contribution in [2.24, 2.45) is 0 Å². The molecular weight excluding hydrogens is 288 g/mol. The molecule has 0 unspecified atom stereocenters. The molecule has 2 aromatic carbocycles.